The number of halogens is 1. The minimum absolute atomic E-state index is 0.251. The third kappa shape index (κ3) is 3.83. The molecule has 0 aliphatic heterocycles. The predicted molar refractivity (Wildman–Crippen MR) is 135 cm³/mol. The Morgan fingerprint density at radius 1 is 1.09 bits per heavy atom. The lowest BCUT2D eigenvalue weighted by molar-refractivity contribution is 0.102. The fourth-order valence-electron chi connectivity index (χ4n) is 3.84. The summed E-state index contributed by atoms with van der Waals surface area (Å²) in [6.07, 6.45) is 3.70. The number of aromatic nitrogens is 3. The number of fused-ring (bicyclic) bond motifs is 2. The highest BCUT2D eigenvalue weighted by molar-refractivity contribution is 7.18. The van der Waals surface area contributed by atoms with Crippen LogP contribution in [0.2, 0.25) is 5.02 Å². The molecule has 0 unspecified atom stereocenters. The molecule has 33 heavy (non-hydrogen) atoms. The van der Waals surface area contributed by atoms with Crippen LogP contribution in [0.5, 0.6) is 0 Å². The lowest BCUT2D eigenvalue weighted by atomic mass is 10.00. The van der Waals surface area contributed by atoms with E-state index in [0.29, 0.717) is 38.7 Å². The number of nitrogens with one attached hydrogen (secondary N) is 1. The van der Waals surface area contributed by atoms with Gasteiger partial charge in [0.15, 0.2) is 0 Å². The molecular formula is C24H19ClN6OS. The van der Waals surface area contributed by atoms with Gasteiger partial charge < -0.3 is 16.8 Å². The molecule has 0 saturated carbocycles. The van der Waals surface area contributed by atoms with E-state index >= 15 is 0 Å². The number of carbonyl (C=O) groups excluding carboxylic acids is 1. The first-order valence-corrected chi connectivity index (χ1v) is 11.4. The number of nitrogen functional groups attached to an aromatic ring is 2. The maximum absolute atomic E-state index is 13.2. The quantitative estimate of drug-likeness (QED) is 0.307. The summed E-state index contributed by atoms with van der Waals surface area (Å²) in [5, 5.41) is 7.21. The van der Waals surface area contributed by atoms with Crippen molar-refractivity contribution in [3.63, 3.8) is 0 Å². The van der Waals surface area contributed by atoms with E-state index in [9.17, 15) is 4.79 Å². The number of anilines is 3. The molecule has 5 aromatic rings. The molecule has 9 heteroatoms. The Morgan fingerprint density at radius 3 is 2.76 bits per heavy atom. The van der Waals surface area contributed by atoms with Gasteiger partial charge in [-0.05, 0) is 36.2 Å². The molecule has 0 bridgehead atoms. The van der Waals surface area contributed by atoms with Gasteiger partial charge in [0.05, 0.1) is 37.9 Å². The van der Waals surface area contributed by atoms with Crippen molar-refractivity contribution < 1.29 is 4.79 Å². The van der Waals surface area contributed by atoms with E-state index in [1.54, 1.807) is 17.6 Å². The predicted octanol–water partition coefficient (Wildman–Crippen LogP) is 5.21. The van der Waals surface area contributed by atoms with Crippen LogP contribution in [-0.4, -0.2) is 20.9 Å². The molecule has 164 valence electrons. The summed E-state index contributed by atoms with van der Waals surface area (Å²) in [6, 6.07) is 11.5. The summed E-state index contributed by atoms with van der Waals surface area (Å²) in [5.41, 5.74) is 17.0. The van der Waals surface area contributed by atoms with Crippen LogP contribution in [0.25, 0.3) is 21.0 Å². The molecule has 0 aliphatic rings. The third-order valence-corrected chi connectivity index (χ3v) is 6.87. The largest absolute Gasteiger partial charge is 0.398 e. The number of amides is 1. The molecule has 0 spiro atoms. The fourth-order valence-corrected chi connectivity index (χ4v) is 4.86. The molecule has 0 atom stereocenters. The van der Waals surface area contributed by atoms with Gasteiger partial charge in [0.25, 0.3) is 5.91 Å². The number of thiophene rings is 1. The molecule has 7 nitrogen and oxygen atoms in total. The number of nitrogens with zero attached hydrogens (tertiary/aromatic N) is 3. The molecule has 0 aliphatic carbocycles. The van der Waals surface area contributed by atoms with E-state index in [1.165, 1.54) is 17.7 Å². The van der Waals surface area contributed by atoms with Gasteiger partial charge in [-0.25, -0.2) is 9.97 Å². The lowest BCUT2D eigenvalue weighted by Gasteiger charge is -2.14. The number of hydrogen-bond donors (Lipinski definition) is 3. The Morgan fingerprint density at radius 2 is 1.94 bits per heavy atom. The van der Waals surface area contributed by atoms with E-state index in [0.717, 1.165) is 33.3 Å². The highest BCUT2D eigenvalue weighted by atomic mass is 35.5. The molecule has 5 N–H and O–H groups in total. The molecule has 0 fully saturated rings. The Bertz CT molecular complexity index is 1550. The second-order valence-electron chi connectivity index (χ2n) is 7.68. The van der Waals surface area contributed by atoms with E-state index in [1.807, 2.05) is 37.3 Å². The maximum atomic E-state index is 13.2. The molecule has 0 saturated heterocycles. The van der Waals surface area contributed by atoms with Crippen LogP contribution < -0.4 is 16.8 Å². The summed E-state index contributed by atoms with van der Waals surface area (Å²) >= 11 is 7.41. The number of hydrogen-bond acceptors (Lipinski definition) is 7. The molecular weight excluding hydrogens is 456 g/mol. The van der Waals surface area contributed by atoms with Crippen LogP contribution in [0.15, 0.2) is 54.3 Å². The SMILES string of the molecule is Cc1ccc2c(Cc3ccc(Cl)c(N)c3)nccc2c1NC(=O)c1csc2c(N)ncnc12. The van der Waals surface area contributed by atoms with E-state index in [4.69, 9.17) is 23.1 Å². The molecule has 3 aromatic heterocycles. The first kappa shape index (κ1) is 21.1. The van der Waals surface area contributed by atoms with E-state index < -0.39 is 0 Å². The highest BCUT2D eigenvalue weighted by Gasteiger charge is 2.18. The summed E-state index contributed by atoms with van der Waals surface area (Å²) in [4.78, 5) is 26.0. The molecule has 3 heterocycles. The number of pyridine rings is 1. The summed E-state index contributed by atoms with van der Waals surface area (Å²) in [5.74, 6) is 0.114. The van der Waals surface area contributed by atoms with Crippen LogP contribution in [0, 0.1) is 6.92 Å². The summed E-state index contributed by atoms with van der Waals surface area (Å²) in [6.45, 7) is 1.96. The Kier molecular flexibility index (Phi) is 5.32. The van der Waals surface area contributed by atoms with Crippen LogP contribution in [-0.2, 0) is 6.42 Å². The lowest BCUT2D eigenvalue weighted by Crippen LogP contribution is -2.13. The summed E-state index contributed by atoms with van der Waals surface area (Å²) in [7, 11) is 0. The normalized spacial score (nSPS) is 11.2. The smallest absolute Gasteiger partial charge is 0.258 e. The Labute approximate surface area is 198 Å². The summed E-state index contributed by atoms with van der Waals surface area (Å²) < 4.78 is 0.700. The van der Waals surface area contributed by atoms with Crippen molar-refractivity contribution in [2.75, 3.05) is 16.8 Å². The highest BCUT2D eigenvalue weighted by Crippen LogP contribution is 2.32. The first-order chi connectivity index (χ1) is 15.9. The fraction of sp³-hybridized carbons (Fsp3) is 0.0833. The van der Waals surface area contributed by atoms with Gasteiger partial charge in [-0.1, -0.05) is 29.8 Å². The van der Waals surface area contributed by atoms with Crippen LogP contribution in [0.3, 0.4) is 0 Å². The van der Waals surface area contributed by atoms with Crippen LogP contribution >= 0.6 is 22.9 Å². The van der Waals surface area contributed by atoms with Crippen molar-refractivity contribution in [2.45, 2.75) is 13.3 Å². The second-order valence-corrected chi connectivity index (χ2v) is 8.97. The topological polar surface area (TPSA) is 120 Å². The third-order valence-electron chi connectivity index (χ3n) is 5.53. The zero-order valence-corrected chi connectivity index (χ0v) is 19.2. The average Bonchev–Trinajstić information content (AvgIpc) is 3.24. The standard InChI is InChI=1S/C24H19ClN6OS/c1-12-2-4-14-15(6-7-28-19(14)9-13-3-5-17(25)18(26)8-13)20(12)31-24(32)16-10-33-22-21(16)29-11-30-23(22)27/h2-8,10-11H,9,26H2,1H3,(H,31,32)(H2,27,29,30). The average molecular weight is 475 g/mol. The van der Waals surface area contributed by atoms with Gasteiger partial charge in [-0.3, -0.25) is 9.78 Å². The van der Waals surface area contributed by atoms with Gasteiger partial charge in [0, 0.05) is 28.8 Å². The number of benzene rings is 2. The zero-order chi connectivity index (χ0) is 23.1. The van der Waals surface area contributed by atoms with Gasteiger partial charge in [0.2, 0.25) is 0 Å². The molecule has 1 amide bonds. The van der Waals surface area contributed by atoms with Gasteiger partial charge in [-0.2, -0.15) is 0 Å². The molecule has 5 rings (SSSR count). The Hall–Kier alpha value is -3.75. The number of rotatable bonds is 4. The first-order valence-electron chi connectivity index (χ1n) is 10.1. The number of carbonyl (C=O) groups is 1. The maximum Gasteiger partial charge on any atom is 0.258 e. The number of aryl methyl sites for hydroxylation is 1. The van der Waals surface area contributed by atoms with Crippen molar-refractivity contribution in [2.24, 2.45) is 0 Å². The van der Waals surface area contributed by atoms with Crippen LogP contribution in [0.1, 0.15) is 27.2 Å². The monoisotopic (exact) mass is 474 g/mol. The zero-order valence-electron chi connectivity index (χ0n) is 17.6. The van der Waals surface area contributed by atoms with Crippen molar-refractivity contribution in [3.8, 4) is 0 Å². The second kappa shape index (κ2) is 8.31. The minimum atomic E-state index is -0.251. The molecule has 2 aromatic carbocycles. The van der Waals surface area contributed by atoms with E-state index in [-0.39, 0.29) is 5.91 Å². The van der Waals surface area contributed by atoms with Crippen LogP contribution in [0.4, 0.5) is 17.2 Å². The van der Waals surface area contributed by atoms with Gasteiger partial charge >= 0.3 is 0 Å². The van der Waals surface area contributed by atoms with Crippen molar-refractivity contribution in [3.05, 3.63) is 81.7 Å². The van der Waals surface area contributed by atoms with Crippen molar-refractivity contribution in [1.82, 2.24) is 15.0 Å². The Balaban J connectivity index is 1.53. The number of nitrogens with two attached hydrogens (primary N) is 2. The van der Waals surface area contributed by atoms with E-state index in [2.05, 4.69) is 20.3 Å². The van der Waals surface area contributed by atoms with Crippen molar-refractivity contribution >= 4 is 67.0 Å². The molecule has 0 radical (unpaired) electrons. The van der Waals surface area contributed by atoms with Crippen molar-refractivity contribution in [1.29, 1.82) is 0 Å². The van der Waals surface area contributed by atoms with Gasteiger partial charge in [0.1, 0.15) is 12.1 Å². The minimum Gasteiger partial charge on any atom is -0.398 e. The van der Waals surface area contributed by atoms with Gasteiger partial charge in [-0.15, -0.1) is 11.3 Å².